The fourth-order valence-electron chi connectivity index (χ4n) is 4.22. The maximum Gasteiger partial charge on any atom is 0.117 e. The molecule has 4 rings (SSSR count). The third-order valence-electron chi connectivity index (χ3n) is 5.51. The Morgan fingerprint density at radius 3 is 3.00 bits per heavy atom. The van der Waals surface area contributed by atoms with Crippen molar-refractivity contribution in [2.45, 2.75) is 38.6 Å². The van der Waals surface area contributed by atoms with Gasteiger partial charge >= 0.3 is 0 Å². The molecule has 24 heavy (non-hydrogen) atoms. The van der Waals surface area contributed by atoms with E-state index in [-0.39, 0.29) is 0 Å². The van der Waals surface area contributed by atoms with E-state index in [1.54, 1.807) is 17.6 Å². The lowest BCUT2D eigenvalue weighted by Crippen LogP contribution is -2.50. The van der Waals surface area contributed by atoms with E-state index in [2.05, 4.69) is 27.8 Å². The number of furan rings is 1. The molecule has 2 aliphatic heterocycles. The minimum absolute atomic E-state index is 0.371. The van der Waals surface area contributed by atoms with Crippen molar-refractivity contribution in [3.63, 3.8) is 0 Å². The van der Waals surface area contributed by atoms with Gasteiger partial charge in [-0.2, -0.15) is 0 Å². The zero-order chi connectivity index (χ0) is 16.5. The normalized spacial score (nSPS) is 28.3. The molecule has 5 nitrogen and oxygen atoms in total. The smallest absolute Gasteiger partial charge is 0.117 e. The number of aryl methyl sites for hydroxylation is 1. The topological polar surface area (TPSA) is 41.7 Å². The Bertz CT molecular complexity index is 657. The summed E-state index contributed by atoms with van der Waals surface area (Å²) in [6.07, 6.45) is 3.25. The Kier molecular flexibility index (Phi) is 4.72. The zero-order valence-corrected chi connectivity index (χ0v) is 15.2. The monoisotopic (exact) mass is 347 g/mol. The van der Waals surface area contributed by atoms with Gasteiger partial charge in [0.1, 0.15) is 5.76 Å². The van der Waals surface area contributed by atoms with Crippen molar-refractivity contribution in [3.8, 4) is 0 Å². The van der Waals surface area contributed by atoms with Gasteiger partial charge in [0.2, 0.25) is 0 Å². The minimum atomic E-state index is 0.371. The summed E-state index contributed by atoms with van der Waals surface area (Å²) < 4.78 is 11.3. The van der Waals surface area contributed by atoms with Crippen molar-refractivity contribution >= 4 is 11.3 Å². The molecule has 130 valence electrons. The fraction of sp³-hybridized carbons (Fsp3) is 0.611. The van der Waals surface area contributed by atoms with Crippen LogP contribution < -0.4 is 0 Å². The van der Waals surface area contributed by atoms with Crippen LogP contribution in [0.4, 0.5) is 0 Å². The first-order valence-corrected chi connectivity index (χ1v) is 9.53. The molecule has 2 aromatic heterocycles. The van der Waals surface area contributed by atoms with Gasteiger partial charge in [-0.15, -0.1) is 11.3 Å². The number of methoxy groups -OCH3 is 1. The van der Waals surface area contributed by atoms with E-state index in [1.165, 1.54) is 10.6 Å². The number of thiazole rings is 1. The first kappa shape index (κ1) is 16.3. The third-order valence-corrected chi connectivity index (χ3v) is 6.43. The molecular formula is C18H25N3O2S. The van der Waals surface area contributed by atoms with Crippen LogP contribution in [0.25, 0.3) is 0 Å². The van der Waals surface area contributed by atoms with Gasteiger partial charge in [-0.3, -0.25) is 9.80 Å². The number of ether oxygens (including phenoxy) is 1. The largest absolute Gasteiger partial charge is 0.468 e. The van der Waals surface area contributed by atoms with Crippen molar-refractivity contribution in [2.75, 3.05) is 26.7 Å². The van der Waals surface area contributed by atoms with Gasteiger partial charge in [-0.25, -0.2) is 4.98 Å². The molecule has 2 aliphatic rings. The van der Waals surface area contributed by atoms with Gasteiger partial charge in [0.05, 0.1) is 30.1 Å². The molecule has 2 saturated heterocycles. The molecule has 0 unspecified atom stereocenters. The van der Waals surface area contributed by atoms with Crippen LogP contribution in [0.3, 0.4) is 0 Å². The van der Waals surface area contributed by atoms with Crippen molar-refractivity contribution in [2.24, 2.45) is 5.92 Å². The number of hydrogen-bond acceptors (Lipinski definition) is 6. The molecule has 0 bridgehead atoms. The summed E-state index contributed by atoms with van der Waals surface area (Å²) >= 11 is 1.78. The molecule has 0 aliphatic carbocycles. The molecule has 2 aromatic rings. The summed E-state index contributed by atoms with van der Waals surface area (Å²) in [6.45, 7) is 7.30. The number of aromatic nitrogens is 1. The second-order valence-corrected chi connectivity index (χ2v) is 7.84. The number of fused-ring (bicyclic) bond motifs is 1. The van der Waals surface area contributed by atoms with Crippen LogP contribution in [0.1, 0.15) is 22.8 Å². The van der Waals surface area contributed by atoms with E-state index in [0.29, 0.717) is 18.1 Å². The Hall–Kier alpha value is -1.21. The Morgan fingerprint density at radius 2 is 2.29 bits per heavy atom. The molecule has 0 spiro atoms. The highest BCUT2D eigenvalue weighted by atomic mass is 32.1. The van der Waals surface area contributed by atoms with Crippen molar-refractivity contribution in [1.82, 2.24) is 14.8 Å². The second kappa shape index (κ2) is 6.96. The van der Waals surface area contributed by atoms with E-state index < -0.39 is 0 Å². The van der Waals surface area contributed by atoms with Gasteiger partial charge in [0.15, 0.2) is 0 Å². The lowest BCUT2D eigenvalue weighted by Gasteiger charge is -2.41. The van der Waals surface area contributed by atoms with Crippen LogP contribution in [-0.2, 0) is 17.8 Å². The summed E-state index contributed by atoms with van der Waals surface area (Å²) in [5.41, 5.74) is 3.14. The number of piperidine rings is 1. The average molecular weight is 347 g/mol. The predicted molar refractivity (Wildman–Crippen MR) is 93.9 cm³/mol. The van der Waals surface area contributed by atoms with E-state index in [0.717, 1.165) is 44.9 Å². The lowest BCUT2D eigenvalue weighted by atomic mass is 9.89. The summed E-state index contributed by atoms with van der Waals surface area (Å²) in [6, 6.07) is 4.59. The van der Waals surface area contributed by atoms with E-state index in [4.69, 9.17) is 9.15 Å². The van der Waals surface area contributed by atoms with Gasteiger partial charge in [0, 0.05) is 50.1 Å². The molecule has 0 amide bonds. The van der Waals surface area contributed by atoms with Crippen molar-refractivity contribution in [1.29, 1.82) is 0 Å². The molecule has 0 radical (unpaired) electrons. The van der Waals surface area contributed by atoms with Crippen LogP contribution >= 0.6 is 11.3 Å². The Balaban J connectivity index is 1.48. The molecule has 0 saturated carbocycles. The highest BCUT2D eigenvalue weighted by Crippen LogP contribution is 2.34. The average Bonchev–Trinajstić information content (AvgIpc) is 3.30. The van der Waals surface area contributed by atoms with Crippen molar-refractivity contribution in [3.05, 3.63) is 40.2 Å². The highest BCUT2D eigenvalue weighted by Gasteiger charge is 2.44. The first-order chi connectivity index (χ1) is 11.7. The van der Waals surface area contributed by atoms with Crippen LogP contribution in [0.5, 0.6) is 0 Å². The number of nitrogens with zero attached hydrogens (tertiary/aromatic N) is 3. The maximum absolute atomic E-state index is 5.81. The minimum Gasteiger partial charge on any atom is -0.468 e. The standard InChI is InChI=1S/C18H25N3O2S/c1-13-18(24-12-19-13)11-21-6-5-17(22-2)15-9-20(10-16(15)21)8-14-4-3-7-23-14/h3-4,7,12,15-17H,5-6,8-11H2,1-2H3/t15-,16+,17+/m0/s1. The summed E-state index contributed by atoms with van der Waals surface area (Å²) in [7, 11) is 1.86. The second-order valence-electron chi connectivity index (χ2n) is 6.90. The fourth-order valence-corrected chi connectivity index (χ4v) is 5.02. The van der Waals surface area contributed by atoms with E-state index >= 15 is 0 Å². The van der Waals surface area contributed by atoms with E-state index in [9.17, 15) is 0 Å². The SMILES string of the molecule is CO[C@@H]1CCN(Cc2scnc2C)[C@@H]2CN(Cc3ccco3)C[C@@H]21. The van der Waals surface area contributed by atoms with Crippen LogP contribution in [0, 0.1) is 12.8 Å². The Labute approximate surface area is 147 Å². The maximum atomic E-state index is 5.81. The van der Waals surface area contributed by atoms with Gasteiger partial charge < -0.3 is 9.15 Å². The van der Waals surface area contributed by atoms with E-state index in [1.807, 2.05) is 18.7 Å². The molecular weight excluding hydrogens is 322 g/mol. The molecule has 2 fully saturated rings. The van der Waals surface area contributed by atoms with Crippen LogP contribution in [0.15, 0.2) is 28.3 Å². The van der Waals surface area contributed by atoms with Crippen molar-refractivity contribution < 1.29 is 9.15 Å². The van der Waals surface area contributed by atoms with Gasteiger partial charge in [-0.1, -0.05) is 0 Å². The highest BCUT2D eigenvalue weighted by molar-refractivity contribution is 7.09. The lowest BCUT2D eigenvalue weighted by molar-refractivity contribution is -0.0242. The number of hydrogen-bond donors (Lipinski definition) is 0. The molecule has 0 N–H and O–H groups in total. The number of rotatable bonds is 5. The number of likely N-dealkylation sites (tertiary alicyclic amines) is 2. The molecule has 3 atom stereocenters. The van der Waals surface area contributed by atoms with Crippen LogP contribution in [-0.4, -0.2) is 53.7 Å². The summed E-state index contributed by atoms with van der Waals surface area (Å²) in [4.78, 5) is 11.0. The molecule has 0 aromatic carbocycles. The molecule has 4 heterocycles. The Morgan fingerprint density at radius 1 is 1.38 bits per heavy atom. The zero-order valence-electron chi connectivity index (χ0n) is 14.4. The quantitative estimate of drug-likeness (QED) is 0.832. The first-order valence-electron chi connectivity index (χ1n) is 8.65. The van der Waals surface area contributed by atoms with Gasteiger partial charge in [-0.05, 0) is 25.5 Å². The summed E-state index contributed by atoms with van der Waals surface area (Å²) in [5.74, 6) is 1.62. The summed E-state index contributed by atoms with van der Waals surface area (Å²) in [5, 5.41) is 0. The van der Waals surface area contributed by atoms with Crippen LogP contribution in [0.2, 0.25) is 0 Å². The van der Waals surface area contributed by atoms with Gasteiger partial charge in [0.25, 0.3) is 0 Å². The predicted octanol–water partition coefficient (Wildman–Crippen LogP) is 2.77. The third kappa shape index (κ3) is 3.16. The molecule has 6 heteroatoms.